The Morgan fingerprint density at radius 3 is 2.88 bits per heavy atom. The maximum Gasteiger partial charge on any atom is 0.0772 e. The average Bonchev–Trinajstić information content (AvgIpc) is 2.76. The Labute approximate surface area is 112 Å². The van der Waals surface area contributed by atoms with Crippen LogP contribution in [-0.2, 0) is 0 Å². The lowest BCUT2D eigenvalue weighted by molar-refractivity contribution is 0.198. The van der Waals surface area contributed by atoms with Gasteiger partial charge in [0.1, 0.15) is 0 Å². The first-order valence-electron chi connectivity index (χ1n) is 6.37. The zero-order chi connectivity index (χ0) is 12.4. The molecule has 1 saturated heterocycles. The lowest BCUT2D eigenvalue weighted by Crippen LogP contribution is -2.28. The quantitative estimate of drug-likeness (QED) is 0.915. The zero-order valence-corrected chi connectivity index (χ0v) is 12.1. The van der Waals surface area contributed by atoms with Crippen LogP contribution in [0.4, 0.5) is 5.69 Å². The van der Waals surface area contributed by atoms with Crippen LogP contribution in [0.25, 0.3) is 0 Å². The van der Waals surface area contributed by atoms with Crippen molar-refractivity contribution in [2.75, 3.05) is 11.4 Å². The molecule has 1 aromatic carbocycles. The number of aliphatic hydroxyl groups excluding tert-OH is 1. The van der Waals surface area contributed by atoms with Crippen LogP contribution in [0.2, 0.25) is 0 Å². The summed E-state index contributed by atoms with van der Waals surface area (Å²) in [5.41, 5.74) is 2.23. The predicted molar refractivity (Wildman–Crippen MR) is 75.4 cm³/mol. The highest BCUT2D eigenvalue weighted by Crippen LogP contribution is 2.32. The molecule has 2 atom stereocenters. The van der Waals surface area contributed by atoms with Gasteiger partial charge in [0.15, 0.2) is 0 Å². The molecule has 2 rings (SSSR count). The molecule has 1 aromatic rings. The Kier molecular flexibility index (Phi) is 4.10. The molecule has 0 aromatic heterocycles. The number of hydrogen-bond acceptors (Lipinski definition) is 2. The molecule has 1 aliphatic rings. The van der Waals surface area contributed by atoms with Gasteiger partial charge in [-0.25, -0.2) is 0 Å². The van der Waals surface area contributed by atoms with Gasteiger partial charge < -0.3 is 10.0 Å². The zero-order valence-electron chi connectivity index (χ0n) is 10.5. The second-order valence-electron chi connectivity index (χ2n) is 4.78. The van der Waals surface area contributed by atoms with Gasteiger partial charge in [-0.2, -0.15) is 0 Å². The predicted octanol–water partition coefficient (Wildman–Crippen LogP) is 3.88. The van der Waals surface area contributed by atoms with Crippen molar-refractivity contribution in [3.8, 4) is 0 Å². The molecule has 1 unspecified atom stereocenters. The molecule has 0 bridgehead atoms. The molecule has 94 valence electrons. The van der Waals surface area contributed by atoms with Crippen molar-refractivity contribution in [2.24, 2.45) is 0 Å². The van der Waals surface area contributed by atoms with Crippen molar-refractivity contribution in [1.82, 2.24) is 0 Å². The third-order valence-corrected chi connectivity index (χ3v) is 4.30. The van der Waals surface area contributed by atoms with E-state index in [0.717, 1.165) is 16.6 Å². The van der Waals surface area contributed by atoms with Gasteiger partial charge in [0.25, 0.3) is 0 Å². The molecule has 0 radical (unpaired) electrons. The number of halogens is 1. The van der Waals surface area contributed by atoms with Crippen molar-refractivity contribution in [3.63, 3.8) is 0 Å². The number of hydrogen-bond donors (Lipinski definition) is 1. The van der Waals surface area contributed by atoms with E-state index in [0.29, 0.717) is 6.04 Å². The molecule has 0 spiro atoms. The second-order valence-corrected chi connectivity index (χ2v) is 5.63. The van der Waals surface area contributed by atoms with E-state index in [-0.39, 0.29) is 0 Å². The van der Waals surface area contributed by atoms with Crippen molar-refractivity contribution < 1.29 is 5.11 Å². The van der Waals surface area contributed by atoms with Crippen LogP contribution in [0, 0.1) is 0 Å². The molecule has 0 amide bonds. The highest BCUT2D eigenvalue weighted by Gasteiger charge is 2.23. The minimum absolute atomic E-state index is 0.418. The summed E-state index contributed by atoms with van der Waals surface area (Å²) < 4.78 is 1.01. The van der Waals surface area contributed by atoms with Gasteiger partial charge in [-0.15, -0.1) is 0 Å². The first-order valence-corrected chi connectivity index (χ1v) is 7.17. The lowest BCUT2D eigenvalue weighted by atomic mass is 10.1. The van der Waals surface area contributed by atoms with Gasteiger partial charge in [-0.05, 0) is 43.9 Å². The third-order valence-electron chi connectivity index (χ3n) is 3.61. The molecule has 0 aliphatic carbocycles. The third kappa shape index (κ3) is 2.66. The first-order chi connectivity index (χ1) is 8.13. The fraction of sp³-hybridized carbons (Fsp3) is 0.571. The van der Waals surface area contributed by atoms with Gasteiger partial charge in [0.2, 0.25) is 0 Å². The van der Waals surface area contributed by atoms with E-state index in [1.165, 1.54) is 24.9 Å². The summed E-state index contributed by atoms with van der Waals surface area (Å²) in [6.45, 7) is 5.20. The van der Waals surface area contributed by atoms with E-state index >= 15 is 0 Å². The minimum atomic E-state index is -0.418. The van der Waals surface area contributed by atoms with E-state index in [4.69, 9.17) is 0 Å². The molecule has 0 saturated carbocycles. The fourth-order valence-corrected chi connectivity index (χ4v) is 3.33. The molecular weight excluding hydrogens is 278 g/mol. The maximum atomic E-state index is 9.62. The van der Waals surface area contributed by atoms with Crippen LogP contribution in [0.5, 0.6) is 0 Å². The number of benzene rings is 1. The molecule has 1 N–H and O–H groups in total. The van der Waals surface area contributed by atoms with Crippen molar-refractivity contribution >= 4 is 21.6 Å². The highest BCUT2D eigenvalue weighted by molar-refractivity contribution is 9.10. The standard InChI is InChI=1S/C14H20BrNO/c1-3-11-5-4-8-16(11)12-6-7-13(10(2)17)14(15)9-12/h6-7,9-11,17H,3-5,8H2,1-2H3/t10-,11?/m1/s1. The Morgan fingerprint density at radius 2 is 2.29 bits per heavy atom. The van der Waals surface area contributed by atoms with E-state index < -0.39 is 6.10 Å². The van der Waals surface area contributed by atoms with Gasteiger partial charge in [-0.1, -0.05) is 28.9 Å². The molecule has 1 aliphatic heterocycles. The lowest BCUT2D eigenvalue weighted by Gasteiger charge is -2.26. The van der Waals surface area contributed by atoms with Crippen molar-refractivity contribution in [2.45, 2.75) is 45.3 Å². The normalized spacial score (nSPS) is 21.9. The monoisotopic (exact) mass is 297 g/mol. The fourth-order valence-electron chi connectivity index (χ4n) is 2.63. The van der Waals surface area contributed by atoms with Gasteiger partial charge in [0, 0.05) is 22.7 Å². The van der Waals surface area contributed by atoms with Crippen molar-refractivity contribution in [1.29, 1.82) is 0 Å². The molecule has 2 nitrogen and oxygen atoms in total. The van der Waals surface area contributed by atoms with Gasteiger partial charge in [0.05, 0.1) is 6.10 Å². The van der Waals surface area contributed by atoms with E-state index in [1.54, 1.807) is 6.92 Å². The van der Waals surface area contributed by atoms with Crippen LogP contribution in [0.3, 0.4) is 0 Å². The highest BCUT2D eigenvalue weighted by atomic mass is 79.9. The molecule has 3 heteroatoms. The first kappa shape index (κ1) is 12.9. The largest absolute Gasteiger partial charge is 0.389 e. The van der Waals surface area contributed by atoms with Crippen LogP contribution in [0.1, 0.15) is 44.8 Å². The number of rotatable bonds is 3. The van der Waals surface area contributed by atoms with E-state index in [9.17, 15) is 5.11 Å². The second kappa shape index (κ2) is 5.40. The minimum Gasteiger partial charge on any atom is -0.389 e. The summed E-state index contributed by atoms with van der Waals surface area (Å²) in [7, 11) is 0. The number of anilines is 1. The van der Waals surface area contributed by atoms with Crippen LogP contribution < -0.4 is 4.90 Å². The maximum absolute atomic E-state index is 9.62. The molecule has 1 heterocycles. The average molecular weight is 298 g/mol. The van der Waals surface area contributed by atoms with E-state index in [2.05, 4.69) is 39.9 Å². The number of aliphatic hydroxyl groups is 1. The Hall–Kier alpha value is -0.540. The Bertz CT molecular complexity index is 392. The summed E-state index contributed by atoms with van der Waals surface area (Å²) >= 11 is 3.55. The molecule has 17 heavy (non-hydrogen) atoms. The summed E-state index contributed by atoms with van der Waals surface area (Å²) in [4.78, 5) is 2.48. The number of nitrogens with zero attached hydrogens (tertiary/aromatic N) is 1. The smallest absolute Gasteiger partial charge is 0.0772 e. The SMILES string of the molecule is CCC1CCCN1c1ccc([C@@H](C)O)c(Br)c1. The van der Waals surface area contributed by atoms with Crippen LogP contribution in [-0.4, -0.2) is 17.7 Å². The Morgan fingerprint density at radius 1 is 1.53 bits per heavy atom. The topological polar surface area (TPSA) is 23.5 Å². The summed E-state index contributed by atoms with van der Waals surface area (Å²) in [6, 6.07) is 6.96. The Balaban J connectivity index is 2.25. The van der Waals surface area contributed by atoms with Crippen LogP contribution >= 0.6 is 15.9 Å². The molecule has 1 fully saturated rings. The van der Waals surface area contributed by atoms with E-state index in [1.807, 2.05) is 6.07 Å². The summed E-state index contributed by atoms with van der Waals surface area (Å²) in [5.74, 6) is 0. The summed E-state index contributed by atoms with van der Waals surface area (Å²) in [5, 5.41) is 9.62. The molecular formula is C14H20BrNO. The van der Waals surface area contributed by atoms with Gasteiger partial charge >= 0.3 is 0 Å². The van der Waals surface area contributed by atoms with Gasteiger partial charge in [-0.3, -0.25) is 0 Å². The van der Waals surface area contributed by atoms with Crippen LogP contribution in [0.15, 0.2) is 22.7 Å². The summed E-state index contributed by atoms with van der Waals surface area (Å²) in [6.07, 6.45) is 3.37. The van der Waals surface area contributed by atoms with Crippen molar-refractivity contribution in [3.05, 3.63) is 28.2 Å².